The van der Waals surface area contributed by atoms with Crippen molar-refractivity contribution in [3.8, 4) is 11.6 Å². The molecule has 3 aromatic rings. The van der Waals surface area contributed by atoms with E-state index >= 15 is 0 Å². The van der Waals surface area contributed by atoms with Gasteiger partial charge >= 0.3 is 5.69 Å². The second-order valence-corrected chi connectivity index (χ2v) is 3.76. The van der Waals surface area contributed by atoms with Crippen molar-refractivity contribution in [1.82, 2.24) is 19.5 Å². The average Bonchev–Trinajstić information content (AvgIpc) is 2.97. The van der Waals surface area contributed by atoms with Gasteiger partial charge in [-0.25, -0.2) is 9.78 Å². The van der Waals surface area contributed by atoms with Crippen LogP contribution in [0, 0.1) is 0 Å². The molecular weight excluding hydrogens is 236 g/mol. The Kier molecular flexibility index (Phi) is 2.19. The molecule has 3 rings (SSSR count). The Morgan fingerprint density at radius 3 is 2.89 bits per heavy atom. The fourth-order valence-electron chi connectivity index (χ4n) is 1.86. The number of aromatic nitrogens is 4. The fourth-order valence-corrected chi connectivity index (χ4v) is 1.86. The number of hydrogen-bond acceptors (Lipinski definition) is 4. The third-order valence-electron chi connectivity index (χ3n) is 2.70. The first-order valence-electron chi connectivity index (χ1n) is 5.47. The molecule has 2 N–H and O–H groups in total. The summed E-state index contributed by atoms with van der Waals surface area (Å²) < 4.78 is 6.59. The summed E-state index contributed by atoms with van der Waals surface area (Å²) in [5.74, 6) is 0.939. The number of fused-ring (bicyclic) bond motifs is 1. The van der Waals surface area contributed by atoms with Gasteiger partial charge < -0.3 is 9.40 Å². The van der Waals surface area contributed by atoms with E-state index in [9.17, 15) is 9.59 Å². The zero-order valence-electron chi connectivity index (χ0n) is 9.56. The van der Waals surface area contributed by atoms with Gasteiger partial charge in [0, 0.05) is 6.54 Å². The Hall–Kier alpha value is -2.57. The Morgan fingerprint density at radius 2 is 2.22 bits per heavy atom. The molecule has 0 aromatic carbocycles. The summed E-state index contributed by atoms with van der Waals surface area (Å²) in [4.78, 5) is 32.6. The normalized spacial score (nSPS) is 11.2. The monoisotopic (exact) mass is 246 g/mol. The lowest BCUT2D eigenvalue weighted by molar-refractivity contribution is 0.578. The number of rotatable bonds is 2. The Balaban J connectivity index is 2.39. The molecule has 0 saturated carbocycles. The summed E-state index contributed by atoms with van der Waals surface area (Å²) in [6.07, 6.45) is 1.51. The molecule has 0 aliphatic carbocycles. The molecule has 0 fully saturated rings. The smallest absolute Gasteiger partial charge is 0.330 e. The standard InChI is InChI=1S/C11H10N4O3/c1-2-15-9-7(10(16)14-11(15)17)12-8(13-9)6-4-3-5-18-6/h3-5H,2H2,1H3,(H,12,13)(H,14,16,17). The molecule has 92 valence electrons. The molecule has 0 atom stereocenters. The summed E-state index contributed by atoms with van der Waals surface area (Å²) in [5.41, 5.74) is -0.349. The SMILES string of the molecule is CCn1c(=O)[nH]c(=O)c2[nH]c(-c3ccco3)nc21. The average molecular weight is 246 g/mol. The summed E-state index contributed by atoms with van der Waals surface area (Å²) in [6, 6.07) is 3.44. The van der Waals surface area contributed by atoms with Crippen LogP contribution in [0.3, 0.4) is 0 Å². The van der Waals surface area contributed by atoms with Crippen molar-refractivity contribution in [3.05, 3.63) is 39.2 Å². The first-order valence-corrected chi connectivity index (χ1v) is 5.47. The molecule has 0 saturated heterocycles. The van der Waals surface area contributed by atoms with E-state index in [1.807, 2.05) is 0 Å². The van der Waals surface area contributed by atoms with E-state index in [-0.39, 0.29) is 5.52 Å². The van der Waals surface area contributed by atoms with Gasteiger partial charge in [0.2, 0.25) is 0 Å². The van der Waals surface area contributed by atoms with Crippen molar-refractivity contribution >= 4 is 11.2 Å². The van der Waals surface area contributed by atoms with Crippen LogP contribution in [0.25, 0.3) is 22.7 Å². The molecule has 3 aromatic heterocycles. The second kappa shape index (κ2) is 3.73. The van der Waals surface area contributed by atoms with Crippen molar-refractivity contribution in [2.24, 2.45) is 0 Å². The van der Waals surface area contributed by atoms with Gasteiger partial charge in [-0.3, -0.25) is 14.3 Å². The molecule has 0 amide bonds. The van der Waals surface area contributed by atoms with Crippen LogP contribution < -0.4 is 11.2 Å². The van der Waals surface area contributed by atoms with Gasteiger partial charge in [-0.05, 0) is 19.1 Å². The Labute approximate surface area is 100 Å². The summed E-state index contributed by atoms with van der Waals surface area (Å²) in [7, 11) is 0. The Bertz CT molecular complexity index is 807. The van der Waals surface area contributed by atoms with Gasteiger partial charge in [0.05, 0.1) is 6.26 Å². The number of aromatic amines is 2. The molecule has 0 spiro atoms. The first-order chi connectivity index (χ1) is 8.70. The number of aryl methyl sites for hydroxylation is 1. The molecule has 18 heavy (non-hydrogen) atoms. The highest BCUT2D eigenvalue weighted by atomic mass is 16.3. The highest BCUT2D eigenvalue weighted by Gasteiger charge is 2.14. The van der Waals surface area contributed by atoms with Gasteiger partial charge in [0.15, 0.2) is 17.2 Å². The van der Waals surface area contributed by atoms with E-state index in [4.69, 9.17) is 4.42 Å². The molecule has 0 bridgehead atoms. The quantitative estimate of drug-likeness (QED) is 0.695. The molecular formula is C11H10N4O3. The number of nitrogens with zero attached hydrogens (tertiary/aromatic N) is 2. The van der Waals surface area contributed by atoms with Crippen LogP contribution in [-0.4, -0.2) is 19.5 Å². The largest absolute Gasteiger partial charge is 0.461 e. The predicted molar refractivity (Wildman–Crippen MR) is 64.4 cm³/mol. The number of hydrogen-bond donors (Lipinski definition) is 2. The van der Waals surface area contributed by atoms with Gasteiger partial charge in [0.25, 0.3) is 5.56 Å². The van der Waals surface area contributed by atoms with Crippen LogP contribution in [0.4, 0.5) is 0 Å². The molecule has 3 heterocycles. The van der Waals surface area contributed by atoms with E-state index < -0.39 is 11.2 Å². The predicted octanol–water partition coefficient (Wildman–Crippen LogP) is 0.693. The van der Waals surface area contributed by atoms with Crippen LogP contribution >= 0.6 is 0 Å². The fraction of sp³-hybridized carbons (Fsp3) is 0.182. The molecule has 0 radical (unpaired) electrons. The minimum atomic E-state index is -0.481. The first kappa shape index (κ1) is 10.6. The lowest BCUT2D eigenvalue weighted by atomic mass is 10.4. The van der Waals surface area contributed by atoms with E-state index in [0.29, 0.717) is 23.8 Å². The second-order valence-electron chi connectivity index (χ2n) is 3.76. The van der Waals surface area contributed by atoms with Crippen LogP contribution in [0.1, 0.15) is 6.92 Å². The minimum absolute atomic E-state index is 0.267. The minimum Gasteiger partial charge on any atom is -0.461 e. The van der Waals surface area contributed by atoms with Crippen LogP contribution in [0.5, 0.6) is 0 Å². The zero-order valence-corrected chi connectivity index (χ0v) is 9.56. The summed E-state index contributed by atoms with van der Waals surface area (Å²) >= 11 is 0. The van der Waals surface area contributed by atoms with E-state index in [0.717, 1.165) is 0 Å². The van der Waals surface area contributed by atoms with Crippen molar-refractivity contribution in [1.29, 1.82) is 0 Å². The highest BCUT2D eigenvalue weighted by molar-refractivity contribution is 5.74. The van der Waals surface area contributed by atoms with Gasteiger partial charge in [-0.15, -0.1) is 0 Å². The van der Waals surface area contributed by atoms with E-state index in [2.05, 4.69) is 15.0 Å². The third-order valence-corrected chi connectivity index (χ3v) is 2.70. The third kappa shape index (κ3) is 1.41. The lowest BCUT2D eigenvalue weighted by Gasteiger charge is -1.99. The number of nitrogens with one attached hydrogen (secondary N) is 2. The van der Waals surface area contributed by atoms with Gasteiger partial charge in [0.1, 0.15) is 5.52 Å². The van der Waals surface area contributed by atoms with Crippen LogP contribution in [0.2, 0.25) is 0 Å². The highest BCUT2D eigenvalue weighted by Crippen LogP contribution is 2.18. The van der Waals surface area contributed by atoms with Crippen molar-refractivity contribution in [3.63, 3.8) is 0 Å². The maximum absolute atomic E-state index is 11.7. The molecule has 7 nitrogen and oxygen atoms in total. The number of H-pyrrole nitrogens is 2. The summed E-state index contributed by atoms with van der Waals surface area (Å²) in [5, 5.41) is 0. The maximum Gasteiger partial charge on any atom is 0.330 e. The van der Waals surface area contributed by atoms with Gasteiger partial charge in [-0.2, -0.15) is 0 Å². The van der Waals surface area contributed by atoms with E-state index in [1.165, 1.54) is 10.8 Å². The lowest BCUT2D eigenvalue weighted by Crippen LogP contribution is -2.29. The Morgan fingerprint density at radius 1 is 1.39 bits per heavy atom. The van der Waals surface area contributed by atoms with Crippen molar-refractivity contribution in [2.45, 2.75) is 13.5 Å². The van der Waals surface area contributed by atoms with Crippen molar-refractivity contribution in [2.75, 3.05) is 0 Å². The molecule has 0 unspecified atom stereocenters. The van der Waals surface area contributed by atoms with Crippen LogP contribution in [0.15, 0.2) is 32.4 Å². The van der Waals surface area contributed by atoms with Crippen molar-refractivity contribution < 1.29 is 4.42 Å². The summed E-state index contributed by atoms with van der Waals surface area (Å²) in [6.45, 7) is 2.23. The molecule has 7 heteroatoms. The topological polar surface area (TPSA) is 96.7 Å². The zero-order chi connectivity index (χ0) is 12.7. The number of imidazole rings is 1. The molecule has 0 aliphatic heterocycles. The molecule has 0 aliphatic rings. The number of furan rings is 1. The van der Waals surface area contributed by atoms with Crippen LogP contribution in [-0.2, 0) is 6.54 Å². The van der Waals surface area contributed by atoms with Gasteiger partial charge in [-0.1, -0.05) is 0 Å². The maximum atomic E-state index is 11.7. The van der Waals surface area contributed by atoms with E-state index in [1.54, 1.807) is 19.1 Å².